The van der Waals surface area contributed by atoms with Crippen molar-refractivity contribution in [1.29, 1.82) is 0 Å². The Labute approximate surface area is 141 Å². The van der Waals surface area contributed by atoms with E-state index in [1.165, 1.54) is 15.9 Å². The lowest BCUT2D eigenvalue weighted by Gasteiger charge is -2.16. The second kappa shape index (κ2) is 9.31. The molecule has 0 heterocycles. The van der Waals surface area contributed by atoms with Crippen molar-refractivity contribution in [1.82, 2.24) is 0 Å². The van der Waals surface area contributed by atoms with Crippen LogP contribution in [0.1, 0.15) is 31.7 Å². The van der Waals surface area contributed by atoms with Gasteiger partial charge in [0.1, 0.15) is 8.80 Å². The third-order valence-electron chi connectivity index (χ3n) is 3.89. The summed E-state index contributed by atoms with van der Waals surface area (Å²) in [6.07, 6.45) is 2.51. The molecule has 0 fully saturated rings. The highest BCUT2D eigenvalue weighted by Crippen LogP contribution is 2.08. The largest absolute Gasteiger partial charge is 0.466 e. The van der Waals surface area contributed by atoms with E-state index >= 15 is 0 Å². The SMILES string of the molecule is CCOC(=O)CCCC[Si](c1ccccc1)c1ccc(C)cc1. The van der Waals surface area contributed by atoms with Gasteiger partial charge in [-0.3, -0.25) is 4.79 Å². The van der Waals surface area contributed by atoms with Gasteiger partial charge in [-0.25, -0.2) is 0 Å². The summed E-state index contributed by atoms with van der Waals surface area (Å²) < 4.78 is 5.00. The predicted octanol–water partition coefficient (Wildman–Crippen LogP) is 3.34. The highest BCUT2D eigenvalue weighted by molar-refractivity contribution is 6.85. The van der Waals surface area contributed by atoms with E-state index in [0.717, 1.165) is 18.9 Å². The van der Waals surface area contributed by atoms with Crippen LogP contribution in [0, 0.1) is 6.92 Å². The molecule has 0 saturated carbocycles. The average Bonchev–Trinajstić information content (AvgIpc) is 2.57. The van der Waals surface area contributed by atoms with E-state index < -0.39 is 8.80 Å². The number of hydrogen-bond donors (Lipinski definition) is 0. The van der Waals surface area contributed by atoms with Crippen molar-refractivity contribution in [3.63, 3.8) is 0 Å². The first-order chi connectivity index (χ1) is 11.2. The molecule has 0 aliphatic heterocycles. The molecule has 0 saturated heterocycles. The number of carbonyl (C=O) groups excluding carboxylic acids is 1. The normalized spacial score (nSPS) is 10.7. The summed E-state index contributed by atoms with van der Waals surface area (Å²) in [7, 11) is -0.778. The molecule has 2 aromatic carbocycles. The number of rotatable bonds is 8. The minimum atomic E-state index is -0.778. The second-order valence-electron chi connectivity index (χ2n) is 5.72. The molecule has 2 rings (SSSR count). The molecule has 0 amide bonds. The first-order valence-electron chi connectivity index (χ1n) is 8.34. The number of aryl methyl sites for hydroxylation is 1. The molecule has 0 spiro atoms. The van der Waals surface area contributed by atoms with Crippen LogP contribution in [-0.2, 0) is 9.53 Å². The summed E-state index contributed by atoms with van der Waals surface area (Å²) in [5.41, 5.74) is 1.30. The number of benzene rings is 2. The smallest absolute Gasteiger partial charge is 0.305 e. The molecule has 0 aliphatic rings. The topological polar surface area (TPSA) is 26.3 Å². The van der Waals surface area contributed by atoms with E-state index in [1.54, 1.807) is 0 Å². The molecule has 0 aromatic heterocycles. The van der Waals surface area contributed by atoms with Crippen molar-refractivity contribution in [3.05, 3.63) is 60.2 Å². The fourth-order valence-corrected chi connectivity index (χ4v) is 5.33. The summed E-state index contributed by atoms with van der Waals surface area (Å²) in [5.74, 6) is -0.0729. The molecule has 2 nitrogen and oxygen atoms in total. The van der Waals surface area contributed by atoms with Gasteiger partial charge in [0, 0.05) is 6.42 Å². The van der Waals surface area contributed by atoms with Gasteiger partial charge in [-0.15, -0.1) is 0 Å². The van der Waals surface area contributed by atoms with Crippen molar-refractivity contribution in [2.75, 3.05) is 6.61 Å². The first kappa shape index (κ1) is 17.5. The summed E-state index contributed by atoms with van der Waals surface area (Å²) in [6.45, 7) is 4.45. The molecule has 121 valence electrons. The van der Waals surface area contributed by atoms with E-state index in [9.17, 15) is 4.79 Å². The number of unbranched alkanes of at least 4 members (excludes halogenated alkanes) is 1. The van der Waals surface area contributed by atoms with Gasteiger partial charge in [-0.05, 0) is 20.3 Å². The molecule has 23 heavy (non-hydrogen) atoms. The summed E-state index contributed by atoms with van der Waals surface area (Å²) in [4.78, 5) is 11.5. The molecule has 0 bridgehead atoms. The van der Waals surface area contributed by atoms with Crippen molar-refractivity contribution in [2.45, 2.75) is 39.2 Å². The number of ether oxygens (including phenoxy) is 1. The van der Waals surface area contributed by atoms with Crippen LogP contribution in [-0.4, -0.2) is 21.4 Å². The highest BCUT2D eigenvalue weighted by atomic mass is 28.3. The van der Waals surface area contributed by atoms with Gasteiger partial charge in [-0.1, -0.05) is 83.0 Å². The molecular weight excluding hydrogens is 300 g/mol. The Morgan fingerprint density at radius 3 is 2.26 bits per heavy atom. The molecule has 0 atom stereocenters. The second-order valence-corrected chi connectivity index (χ2v) is 8.33. The van der Waals surface area contributed by atoms with E-state index in [2.05, 4.69) is 61.5 Å². The van der Waals surface area contributed by atoms with Crippen LogP contribution >= 0.6 is 0 Å². The van der Waals surface area contributed by atoms with E-state index in [0.29, 0.717) is 13.0 Å². The third kappa shape index (κ3) is 5.68. The maximum absolute atomic E-state index is 11.5. The molecular formula is C20H25O2Si. The molecule has 0 unspecified atom stereocenters. The zero-order chi connectivity index (χ0) is 16.5. The lowest BCUT2D eigenvalue weighted by Crippen LogP contribution is -2.41. The van der Waals surface area contributed by atoms with E-state index in [-0.39, 0.29) is 5.97 Å². The minimum Gasteiger partial charge on any atom is -0.466 e. The predicted molar refractivity (Wildman–Crippen MR) is 97.9 cm³/mol. The van der Waals surface area contributed by atoms with Crippen LogP contribution in [0.15, 0.2) is 54.6 Å². The van der Waals surface area contributed by atoms with Crippen molar-refractivity contribution in [2.24, 2.45) is 0 Å². The number of carbonyl (C=O) groups is 1. The third-order valence-corrected chi connectivity index (χ3v) is 6.80. The fourth-order valence-electron chi connectivity index (χ4n) is 2.65. The number of hydrogen-bond acceptors (Lipinski definition) is 2. The van der Waals surface area contributed by atoms with Gasteiger partial charge in [0.05, 0.1) is 6.61 Å². The summed E-state index contributed by atoms with van der Waals surface area (Å²) in [6, 6.07) is 20.8. The zero-order valence-corrected chi connectivity index (χ0v) is 15.0. The van der Waals surface area contributed by atoms with Crippen LogP contribution < -0.4 is 10.4 Å². The van der Waals surface area contributed by atoms with E-state index in [1.807, 2.05) is 6.92 Å². The van der Waals surface area contributed by atoms with Crippen LogP contribution in [0.2, 0.25) is 6.04 Å². The number of esters is 1. The van der Waals surface area contributed by atoms with Gasteiger partial charge in [0.2, 0.25) is 0 Å². The van der Waals surface area contributed by atoms with Gasteiger partial charge in [0.15, 0.2) is 0 Å². The molecule has 0 N–H and O–H groups in total. The van der Waals surface area contributed by atoms with Crippen LogP contribution in [0.25, 0.3) is 0 Å². The van der Waals surface area contributed by atoms with Crippen molar-refractivity contribution in [3.8, 4) is 0 Å². The Balaban J connectivity index is 2.00. The van der Waals surface area contributed by atoms with E-state index in [4.69, 9.17) is 4.74 Å². The quantitative estimate of drug-likeness (QED) is 0.423. The molecule has 3 heteroatoms. The lowest BCUT2D eigenvalue weighted by molar-refractivity contribution is -0.143. The van der Waals surface area contributed by atoms with Gasteiger partial charge < -0.3 is 4.74 Å². The lowest BCUT2D eigenvalue weighted by atomic mass is 10.2. The standard InChI is InChI=1S/C20H25O2Si/c1-3-22-20(21)11-7-8-16-23(18-9-5-4-6-10-18)19-14-12-17(2)13-15-19/h4-6,9-10,12-15H,3,7-8,11,16H2,1-2H3. The highest BCUT2D eigenvalue weighted by Gasteiger charge is 2.16. The van der Waals surface area contributed by atoms with Gasteiger partial charge in [0.25, 0.3) is 0 Å². The molecule has 1 radical (unpaired) electrons. The molecule has 2 aromatic rings. The molecule has 0 aliphatic carbocycles. The maximum Gasteiger partial charge on any atom is 0.305 e. The average molecular weight is 326 g/mol. The first-order valence-corrected chi connectivity index (χ1v) is 10.1. The Morgan fingerprint density at radius 1 is 0.957 bits per heavy atom. The minimum absolute atomic E-state index is 0.0729. The van der Waals surface area contributed by atoms with Crippen molar-refractivity contribution >= 4 is 25.1 Å². The summed E-state index contributed by atoms with van der Waals surface area (Å²) >= 11 is 0. The Kier molecular flexibility index (Phi) is 7.07. The Hall–Kier alpha value is -1.87. The Bertz CT molecular complexity index is 593. The zero-order valence-electron chi connectivity index (χ0n) is 14.0. The van der Waals surface area contributed by atoms with Gasteiger partial charge >= 0.3 is 5.97 Å². The van der Waals surface area contributed by atoms with Crippen LogP contribution in [0.5, 0.6) is 0 Å². The van der Waals surface area contributed by atoms with Gasteiger partial charge in [-0.2, -0.15) is 0 Å². The van der Waals surface area contributed by atoms with Crippen LogP contribution in [0.4, 0.5) is 0 Å². The Morgan fingerprint density at radius 2 is 1.61 bits per heavy atom. The summed E-state index contributed by atoms with van der Waals surface area (Å²) in [5, 5.41) is 2.89. The van der Waals surface area contributed by atoms with Crippen molar-refractivity contribution < 1.29 is 9.53 Å². The monoisotopic (exact) mass is 325 g/mol. The fraction of sp³-hybridized carbons (Fsp3) is 0.350. The van der Waals surface area contributed by atoms with Crippen LogP contribution in [0.3, 0.4) is 0 Å². The maximum atomic E-state index is 11.5.